The van der Waals surface area contributed by atoms with Crippen LogP contribution >= 0.6 is 0 Å². The third kappa shape index (κ3) is 3.73. The number of carbonyl (C=O) groups excluding carboxylic acids is 1. The summed E-state index contributed by atoms with van der Waals surface area (Å²) < 4.78 is 0. The highest BCUT2D eigenvalue weighted by Crippen LogP contribution is 2.24. The van der Waals surface area contributed by atoms with Crippen LogP contribution in [-0.2, 0) is 4.79 Å². The van der Waals surface area contributed by atoms with Crippen molar-refractivity contribution in [3.05, 3.63) is 29.8 Å². The highest BCUT2D eigenvalue weighted by atomic mass is 16.3. The smallest absolute Gasteiger partial charge is 0.240 e. The van der Waals surface area contributed by atoms with Crippen molar-refractivity contribution in [1.29, 1.82) is 0 Å². The first kappa shape index (κ1) is 16.5. The molecule has 1 aromatic rings. The largest absolute Gasteiger partial charge is 0.508 e. The molecule has 4 heteroatoms. The van der Waals surface area contributed by atoms with Crippen LogP contribution < -0.4 is 5.73 Å². The Morgan fingerprint density at radius 3 is 2.50 bits per heavy atom. The van der Waals surface area contributed by atoms with E-state index < -0.39 is 6.04 Å². The van der Waals surface area contributed by atoms with E-state index in [1.165, 1.54) is 0 Å². The van der Waals surface area contributed by atoms with Gasteiger partial charge in [0, 0.05) is 6.54 Å². The summed E-state index contributed by atoms with van der Waals surface area (Å²) in [6, 6.07) is 6.44. The second-order valence-corrected chi connectivity index (χ2v) is 5.31. The molecule has 0 aromatic heterocycles. The second-order valence-electron chi connectivity index (χ2n) is 5.31. The average Bonchev–Trinajstić information content (AvgIpc) is 2.46. The molecule has 0 aliphatic rings. The Hall–Kier alpha value is -1.55. The predicted octanol–water partition coefficient (Wildman–Crippen LogP) is 2.68. The Balaban J connectivity index is 2.92. The van der Waals surface area contributed by atoms with Crippen molar-refractivity contribution in [2.45, 2.75) is 46.2 Å². The molecule has 1 amide bonds. The van der Waals surface area contributed by atoms with Gasteiger partial charge in [0.15, 0.2) is 0 Å². The molecule has 1 unspecified atom stereocenters. The maximum absolute atomic E-state index is 12.5. The normalized spacial score (nSPS) is 15.4. The molecule has 0 saturated carbocycles. The summed E-state index contributed by atoms with van der Waals surface area (Å²) in [4.78, 5) is 14.3. The van der Waals surface area contributed by atoms with Crippen LogP contribution in [-0.4, -0.2) is 28.5 Å². The van der Waals surface area contributed by atoms with Gasteiger partial charge in [-0.1, -0.05) is 32.4 Å². The van der Waals surface area contributed by atoms with Crippen LogP contribution in [0.3, 0.4) is 0 Å². The van der Waals surface area contributed by atoms with Gasteiger partial charge in [0.25, 0.3) is 0 Å². The first-order chi connectivity index (χ1) is 9.42. The number of phenolic OH excluding ortho intramolecular Hbond substituents is 1. The van der Waals surface area contributed by atoms with Gasteiger partial charge in [-0.05, 0) is 37.5 Å². The number of phenols is 1. The van der Waals surface area contributed by atoms with Crippen LogP contribution in [0.5, 0.6) is 5.75 Å². The fourth-order valence-electron chi connectivity index (χ4n) is 2.27. The van der Waals surface area contributed by atoms with Gasteiger partial charge in [0.05, 0.1) is 12.1 Å². The van der Waals surface area contributed by atoms with Crippen molar-refractivity contribution in [3.8, 4) is 5.75 Å². The van der Waals surface area contributed by atoms with E-state index in [1.54, 1.807) is 23.1 Å². The zero-order chi connectivity index (χ0) is 15.3. The van der Waals surface area contributed by atoms with Crippen LogP contribution in [0.2, 0.25) is 0 Å². The maximum Gasteiger partial charge on any atom is 0.240 e. The minimum Gasteiger partial charge on any atom is -0.508 e. The highest BCUT2D eigenvalue weighted by Gasteiger charge is 2.27. The maximum atomic E-state index is 12.5. The summed E-state index contributed by atoms with van der Waals surface area (Å²) >= 11 is 0. The van der Waals surface area contributed by atoms with E-state index in [4.69, 9.17) is 5.73 Å². The number of rotatable bonds is 6. The fourth-order valence-corrected chi connectivity index (χ4v) is 2.27. The van der Waals surface area contributed by atoms with Crippen molar-refractivity contribution in [1.82, 2.24) is 4.90 Å². The molecule has 20 heavy (non-hydrogen) atoms. The lowest BCUT2D eigenvalue weighted by atomic mass is 9.97. The molecule has 0 aliphatic heterocycles. The summed E-state index contributed by atoms with van der Waals surface area (Å²) in [5.41, 5.74) is 6.97. The number of hydrogen-bond donors (Lipinski definition) is 2. The van der Waals surface area contributed by atoms with Crippen LogP contribution in [0.1, 0.15) is 45.7 Å². The summed E-state index contributed by atoms with van der Waals surface area (Å²) in [6.07, 6.45) is 0.880. The third-order valence-electron chi connectivity index (χ3n) is 3.99. The molecule has 112 valence electrons. The lowest BCUT2D eigenvalue weighted by Crippen LogP contribution is -2.47. The molecular weight excluding hydrogens is 252 g/mol. The molecule has 0 fully saturated rings. The second kappa shape index (κ2) is 7.29. The van der Waals surface area contributed by atoms with E-state index in [0.29, 0.717) is 6.54 Å². The van der Waals surface area contributed by atoms with Crippen LogP contribution in [0.15, 0.2) is 24.3 Å². The molecule has 3 N–H and O–H groups in total. The van der Waals surface area contributed by atoms with Gasteiger partial charge in [-0.2, -0.15) is 0 Å². The lowest BCUT2D eigenvalue weighted by molar-refractivity contribution is -0.135. The van der Waals surface area contributed by atoms with Gasteiger partial charge in [-0.3, -0.25) is 4.79 Å². The Morgan fingerprint density at radius 1 is 1.35 bits per heavy atom. The van der Waals surface area contributed by atoms with E-state index >= 15 is 0 Å². The molecule has 0 aliphatic carbocycles. The quantitative estimate of drug-likeness (QED) is 0.840. The van der Waals surface area contributed by atoms with Gasteiger partial charge in [0.2, 0.25) is 5.91 Å². The zero-order valence-corrected chi connectivity index (χ0v) is 12.8. The highest BCUT2D eigenvalue weighted by molar-refractivity contribution is 5.82. The summed E-state index contributed by atoms with van der Waals surface area (Å²) in [6.45, 7) is 8.53. The molecule has 0 spiro atoms. The van der Waals surface area contributed by atoms with Crippen LogP contribution in [0.25, 0.3) is 0 Å². The molecule has 4 nitrogen and oxygen atoms in total. The number of nitrogens with zero attached hydrogens (tertiary/aromatic N) is 1. The molecule has 0 bridgehead atoms. The predicted molar refractivity (Wildman–Crippen MR) is 81.3 cm³/mol. The van der Waals surface area contributed by atoms with Crippen molar-refractivity contribution in [2.75, 3.05) is 6.54 Å². The average molecular weight is 278 g/mol. The number of likely N-dealkylation sites (N-methyl/N-ethyl adjacent to an activating group) is 1. The van der Waals surface area contributed by atoms with Gasteiger partial charge >= 0.3 is 0 Å². The molecule has 0 saturated heterocycles. The first-order valence-electron chi connectivity index (χ1n) is 7.27. The monoisotopic (exact) mass is 278 g/mol. The van der Waals surface area contributed by atoms with Crippen molar-refractivity contribution < 1.29 is 9.90 Å². The third-order valence-corrected chi connectivity index (χ3v) is 3.99. The Morgan fingerprint density at radius 2 is 2.00 bits per heavy atom. The molecule has 3 atom stereocenters. The fraction of sp³-hybridized carbons (Fsp3) is 0.562. The summed E-state index contributed by atoms with van der Waals surface area (Å²) in [7, 11) is 0. The molecule has 0 heterocycles. The summed E-state index contributed by atoms with van der Waals surface area (Å²) in [5, 5.41) is 9.56. The van der Waals surface area contributed by atoms with E-state index in [-0.39, 0.29) is 23.6 Å². The Labute approximate surface area is 121 Å². The van der Waals surface area contributed by atoms with Crippen molar-refractivity contribution in [2.24, 2.45) is 11.7 Å². The lowest BCUT2D eigenvalue weighted by Gasteiger charge is -2.32. The van der Waals surface area contributed by atoms with Gasteiger partial charge < -0.3 is 15.7 Å². The minimum atomic E-state index is -0.472. The zero-order valence-electron chi connectivity index (χ0n) is 12.8. The molecular formula is C16H26N2O2. The SMILES string of the molecule is CC[C@H](C)[C@H](N)C(=O)N(CC)C(C)c1cccc(O)c1. The number of aromatic hydroxyl groups is 1. The minimum absolute atomic E-state index is 0.0299. The standard InChI is InChI=1S/C16H26N2O2/c1-5-11(3)15(17)16(20)18(6-2)12(4)13-8-7-9-14(19)10-13/h7-12,15,19H,5-6,17H2,1-4H3/t11-,12?,15-/m0/s1. The van der Waals surface area contributed by atoms with E-state index in [2.05, 4.69) is 0 Å². The Bertz CT molecular complexity index is 448. The van der Waals surface area contributed by atoms with Gasteiger partial charge in [-0.25, -0.2) is 0 Å². The molecule has 0 radical (unpaired) electrons. The first-order valence-corrected chi connectivity index (χ1v) is 7.27. The van der Waals surface area contributed by atoms with E-state index in [0.717, 1.165) is 12.0 Å². The van der Waals surface area contributed by atoms with Crippen molar-refractivity contribution >= 4 is 5.91 Å². The van der Waals surface area contributed by atoms with Gasteiger partial charge in [0.1, 0.15) is 5.75 Å². The number of carbonyl (C=O) groups is 1. The van der Waals surface area contributed by atoms with E-state index in [1.807, 2.05) is 33.8 Å². The number of nitrogens with two attached hydrogens (primary N) is 1. The number of benzene rings is 1. The van der Waals surface area contributed by atoms with E-state index in [9.17, 15) is 9.90 Å². The molecule has 1 aromatic carbocycles. The molecule has 1 rings (SSSR count). The topological polar surface area (TPSA) is 66.6 Å². The van der Waals surface area contributed by atoms with Crippen LogP contribution in [0.4, 0.5) is 0 Å². The van der Waals surface area contributed by atoms with Gasteiger partial charge in [-0.15, -0.1) is 0 Å². The number of amides is 1. The number of hydrogen-bond acceptors (Lipinski definition) is 3. The Kier molecular flexibility index (Phi) is 6.02. The summed E-state index contributed by atoms with van der Waals surface area (Å²) in [5.74, 6) is 0.342. The van der Waals surface area contributed by atoms with Crippen molar-refractivity contribution in [3.63, 3.8) is 0 Å². The van der Waals surface area contributed by atoms with Crippen LogP contribution in [0, 0.1) is 5.92 Å².